The Kier molecular flexibility index (Phi) is 5.95. The van der Waals surface area contributed by atoms with Gasteiger partial charge in [0.15, 0.2) is 0 Å². The fourth-order valence-corrected chi connectivity index (χ4v) is 2.52. The second-order valence-electron chi connectivity index (χ2n) is 6.55. The molecule has 0 spiro atoms. The lowest BCUT2D eigenvalue weighted by Crippen LogP contribution is -2.13. The molecule has 0 bridgehead atoms. The lowest BCUT2D eigenvalue weighted by Gasteiger charge is -2.10. The van der Waals surface area contributed by atoms with E-state index >= 15 is 0 Å². The number of pyridine rings is 1. The van der Waals surface area contributed by atoms with Crippen LogP contribution in [0.15, 0.2) is 48.9 Å². The van der Waals surface area contributed by atoms with Crippen molar-refractivity contribution in [1.29, 1.82) is 0 Å². The molecule has 2 aromatic heterocycles. The molecule has 1 aromatic carbocycles. The van der Waals surface area contributed by atoms with Crippen LogP contribution in [0.25, 0.3) is 10.9 Å². The van der Waals surface area contributed by atoms with Crippen LogP contribution in [-0.4, -0.2) is 54.2 Å². The molecule has 7 nitrogen and oxygen atoms in total. The summed E-state index contributed by atoms with van der Waals surface area (Å²) in [7, 11) is 5.54. The van der Waals surface area contributed by atoms with Gasteiger partial charge in [0.25, 0.3) is 0 Å². The van der Waals surface area contributed by atoms with E-state index in [0.717, 1.165) is 0 Å². The topological polar surface area (TPSA) is 83.0 Å². The number of carbonyl (C=O) groups is 1. The van der Waals surface area contributed by atoms with Gasteiger partial charge in [-0.3, -0.25) is 4.79 Å². The molecule has 142 valence electrons. The van der Waals surface area contributed by atoms with E-state index in [1.165, 1.54) is 18.5 Å². The van der Waals surface area contributed by atoms with E-state index < -0.39 is 0 Å². The number of nitrogens with zero attached hydrogens (tertiary/aromatic N) is 4. The van der Waals surface area contributed by atoms with Crippen LogP contribution in [-0.2, 0) is 4.79 Å². The number of anilines is 3. The number of hydrogen-bond acceptors (Lipinski definition) is 6. The smallest absolute Gasteiger partial charge is 0.249 e. The van der Waals surface area contributed by atoms with Gasteiger partial charge in [-0.1, -0.05) is 11.5 Å². The Hall–Kier alpha value is -3.33. The van der Waals surface area contributed by atoms with Crippen LogP contribution in [0.4, 0.5) is 21.7 Å². The number of fused-ring (bicyclic) bond motifs is 1. The van der Waals surface area contributed by atoms with E-state index in [1.54, 1.807) is 38.3 Å². The Labute approximate surface area is 163 Å². The third kappa shape index (κ3) is 4.89. The first kappa shape index (κ1) is 19.4. The predicted octanol–water partition coefficient (Wildman–Crippen LogP) is 1.22. The molecule has 0 unspecified atom stereocenters. The normalized spacial score (nSPS) is 11.3. The van der Waals surface area contributed by atoms with E-state index in [4.69, 9.17) is 0 Å². The summed E-state index contributed by atoms with van der Waals surface area (Å²) in [6, 6.07) is 6.43. The fraction of sp³-hybridized carbons (Fsp3) is 0.158. The third-order valence-electron chi connectivity index (χ3n) is 3.93. The molecule has 0 aliphatic rings. The van der Waals surface area contributed by atoms with Crippen LogP contribution in [0.3, 0.4) is 0 Å². The van der Waals surface area contributed by atoms with Gasteiger partial charge in [-0.2, -0.15) is 0 Å². The van der Waals surface area contributed by atoms with Crippen molar-refractivity contribution in [1.82, 2.24) is 19.9 Å². The summed E-state index contributed by atoms with van der Waals surface area (Å²) in [5.74, 6) is 0.390. The van der Waals surface area contributed by atoms with Gasteiger partial charge in [-0.05, 0) is 38.4 Å². The molecule has 0 saturated heterocycles. The number of amides is 1. The zero-order valence-corrected chi connectivity index (χ0v) is 15.9. The molecule has 2 heterocycles. The number of benzene rings is 1. The van der Waals surface area contributed by atoms with Crippen LogP contribution >= 0.6 is 0 Å². The quantitative estimate of drug-likeness (QED) is 0.496. The minimum atomic E-state index is -0.269. The van der Waals surface area contributed by atoms with Gasteiger partial charge in [0, 0.05) is 23.7 Å². The highest BCUT2D eigenvalue weighted by Crippen LogP contribution is 2.24. The SMILES string of the molecule is Bc1cc(Nc2ncnc3cnc(NC(=O)/C=C/CN(C)C)cc23)ccc1F. The van der Waals surface area contributed by atoms with Gasteiger partial charge in [0.2, 0.25) is 5.91 Å². The van der Waals surface area contributed by atoms with Crippen LogP contribution in [0.2, 0.25) is 0 Å². The Morgan fingerprint density at radius 1 is 1.25 bits per heavy atom. The average Bonchev–Trinajstić information content (AvgIpc) is 2.65. The summed E-state index contributed by atoms with van der Waals surface area (Å²) in [6.45, 7) is 0.664. The summed E-state index contributed by atoms with van der Waals surface area (Å²) in [5.41, 5.74) is 1.85. The van der Waals surface area contributed by atoms with Crippen molar-refractivity contribution in [2.24, 2.45) is 0 Å². The van der Waals surface area contributed by atoms with Gasteiger partial charge in [0.1, 0.15) is 31.6 Å². The highest BCUT2D eigenvalue weighted by molar-refractivity contribution is 6.32. The zero-order valence-electron chi connectivity index (χ0n) is 15.9. The number of hydrogen-bond donors (Lipinski definition) is 2. The molecular weight excluding hydrogens is 358 g/mol. The molecule has 0 saturated carbocycles. The van der Waals surface area contributed by atoms with E-state index in [2.05, 4.69) is 25.6 Å². The van der Waals surface area contributed by atoms with E-state index in [1.807, 2.05) is 19.0 Å². The lowest BCUT2D eigenvalue weighted by molar-refractivity contribution is -0.111. The minimum absolute atomic E-state index is 0.269. The minimum Gasteiger partial charge on any atom is -0.340 e. The van der Waals surface area contributed by atoms with Crippen LogP contribution in [0, 0.1) is 5.82 Å². The number of carbonyl (C=O) groups excluding carboxylic acids is 1. The maximum atomic E-state index is 13.5. The van der Waals surface area contributed by atoms with Crippen molar-refractivity contribution in [2.75, 3.05) is 31.3 Å². The second-order valence-corrected chi connectivity index (χ2v) is 6.55. The fourth-order valence-electron chi connectivity index (χ4n) is 2.52. The summed E-state index contributed by atoms with van der Waals surface area (Å²) in [6.07, 6.45) is 6.22. The summed E-state index contributed by atoms with van der Waals surface area (Å²) in [4.78, 5) is 26.7. The zero-order chi connectivity index (χ0) is 20.1. The first-order valence-corrected chi connectivity index (χ1v) is 8.68. The van der Waals surface area contributed by atoms with Crippen molar-refractivity contribution < 1.29 is 9.18 Å². The molecule has 1 amide bonds. The molecule has 3 aromatic rings. The lowest BCUT2D eigenvalue weighted by atomic mass is 9.95. The average molecular weight is 378 g/mol. The van der Waals surface area contributed by atoms with E-state index in [9.17, 15) is 9.18 Å². The Bertz CT molecular complexity index is 1040. The summed E-state index contributed by atoms with van der Waals surface area (Å²) < 4.78 is 13.5. The molecule has 0 radical (unpaired) electrons. The summed E-state index contributed by atoms with van der Waals surface area (Å²) >= 11 is 0. The highest BCUT2D eigenvalue weighted by Gasteiger charge is 2.08. The van der Waals surface area contributed by atoms with Gasteiger partial charge in [0.05, 0.1) is 11.7 Å². The standard InChI is InChI=1S/C19H20BFN6O/c1-27(2)7-3-4-18(28)26-17-9-13-16(10-22-17)23-11-24-19(13)25-12-5-6-15(21)14(20)8-12/h3-6,8-11H,7,20H2,1-2H3,(H,22,26,28)(H,23,24,25)/b4-3+. The van der Waals surface area contributed by atoms with E-state index in [0.29, 0.717) is 40.2 Å². The highest BCUT2D eigenvalue weighted by atomic mass is 19.1. The molecule has 9 heteroatoms. The van der Waals surface area contributed by atoms with Gasteiger partial charge in [-0.25, -0.2) is 19.3 Å². The molecular formula is C19H20BFN6O. The van der Waals surface area contributed by atoms with Crippen molar-refractivity contribution >= 4 is 47.4 Å². The maximum Gasteiger partial charge on any atom is 0.249 e. The monoisotopic (exact) mass is 378 g/mol. The molecule has 0 aliphatic heterocycles. The van der Waals surface area contributed by atoms with Gasteiger partial charge < -0.3 is 15.5 Å². The number of nitrogens with one attached hydrogen (secondary N) is 2. The number of rotatable bonds is 6. The number of aromatic nitrogens is 3. The number of likely N-dealkylation sites (N-methyl/N-ethyl adjacent to an activating group) is 1. The largest absolute Gasteiger partial charge is 0.340 e. The first-order valence-electron chi connectivity index (χ1n) is 8.68. The second kappa shape index (κ2) is 8.58. The molecule has 0 atom stereocenters. The van der Waals surface area contributed by atoms with E-state index in [-0.39, 0.29) is 11.7 Å². The van der Waals surface area contributed by atoms with Crippen molar-refractivity contribution in [3.63, 3.8) is 0 Å². The van der Waals surface area contributed by atoms with Crippen molar-refractivity contribution in [2.45, 2.75) is 0 Å². The Morgan fingerprint density at radius 2 is 2.07 bits per heavy atom. The third-order valence-corrected chi connectivity index (χ3v) is 3.93. The molecule has 3 rings (SSSR count). The number of halogens is 1. The summed E-state index contributed by atoms with van der Waals surface area (Å²) in [5, 5.41) is 6.58. The van der Waals surface area contributed by atoms with Crippen LogP contribution in [0.5, 0.6) is 0 Å². The first-order chi connectivity index (χ1) is 13.4. The maximum absolute atomic E-state index is 13.5. The molecule has 2 N–H and O–H groups in total. The van der Waals surface area contributed by atoms with Crippen molar-refractivity contribution in [3.05, 3.63) is 54.8 Å². The van der Waals surface area contributed by atoms with Gasteiger partial charge in [-0.15, -0.1) is 0 Å². The molecule has 0 aliphatic carbocycles. The molecule has 28 heavy (non-hydrogen) atoms. The molecule has 0 fully saturated rings. The Morgan fingerprint density at radius 3 is 2.82 bits per heavy atom. The van der Waals surface area contributed by atoms with Gasteiger partial charge >= 0.3 is 0 Å². The van der Waals surface area contributed by atoms with Crippen LogP contribution in [0.1, 0.15) is 0 Å². The van der Waals surface area contributed by atoms with Crippen molar-refractivity contribution in [3.8, 4) is 0 Å². The predicted molar refractivity (Wildman–Crippen MR) is 112 cm³/mol. The Balaban J connectivity index is 1.84. The van der Waals surface area contributed by atoms with Crippen LogP contribution < -0.4 is 16.1 Å².